The molecular formula is C17H21BrN2S. The summed E-state index contributed by atoms with van der Waals surface area (Å²) in [5.74, 6) is 0. The minimum atomic E-state index is 0.314. The van der Waals surface area contributed by atoms with Crippen LogP contribution in [0.5, 0.6) is 0 Å². The minimum Gasteiger partial charge on any atom is -0.310 e. The molecule has 1 atom stereocenters. The molecule has 0 fully saturated rings. The van der Waals surface area contributed by atoms with E-state index in [1.807, 2.05) is 6.20 Å². The SMILES string of the molecule is CCCNC(Cc1ccc(Br)cn1)c1ccc(SC)cc1. The zero-order chi connectivity index (χ0) is 15.1. The van der Waals surface area contributed by atoms with Gasteiger partial charge in [0.1, 0.15) is 0 Å². The highest BCUT2D eigenvalue weighted by Crippen LogP contribution is 2.22. The number of aromatic nitrogens is 1. The second kappa shape index (κ2) is 8.57. The van der Waals surface area contributed by atoms with E-state index in [4.69, 9.17) is 0 Å². The fourth-order valence-electron chi connectivity index (χ4n) is 2.20. The molecule has 2 aromatic rings. The number of hydrogen-bond acceptors (Lipinski definition) is 3. The average Bonchev–Trinajstić information content (AvgIpc) is 2.53. The summed E-state index contributed by atoms with van der Waals surface area (Å²) in [4.78, 5) is 5.80. The van der Waals surface area contributed by atoms with Crippen molar-refractivity contribution in [1.82, 2.24) is 10.3 Å². The largest absolute Gasteiger partial charge is 0.310 e. The van der Waals surface area contributed by atoms with E-state index in [2.05, 4.69) is 75.8 Å². The van der Waals surface area contributed by atoms with E-state index < -0.39 is 0 Å². The van der Waals surface area contributed by atoms with E-state index in [1.165, 1.54) is 10.5 Å². The van der Waals surface area contributed by atoms with Crippen LogP contribution in [0, 0.1) is 0 Å². The van der Waals surface area contributed by atoms with Crippen molar-refractivity contribution in [1.29, 1.82) is 0 Å². The molecule has 0 spiro atoms. The lowest BCUT2D eigenvalue weighted by Gasteiger charge is -2.19. The highest BCUT2D eigenvalue weighted by Gasteiger charge is 2.12. The molecule has 0 amide bonds. The molecule has 0 aliphatic heterocycles. The van der Waals surface area contributed by atoms with E-state index in [9.17, 15) is 0 Å². The molecule has 0 saturated carbocycles. The van der Waals surface area contributed by atoms with Gasteiger partial charge < -0.3 is 5.32 Å². The van der Waals surface area contributed by atoms with Crippen molar-refractivity contribution < 1.29 is 0 Å². The maximum atomic E-state index is 4.49. The van der Waals surface area contributed by atoms with Crippen molar-refractivity contribution in [3.63, 3.8) is 0 Å². The minimum absolute atomic E-state index is 0.314. The Kier molecular flexibility index (Phi) is 6.74. The molecule has 21 heavy (non-hydrogen) atoms. The van der Waals surface area contributed by atoms with Gasteiger partial charge in [-0.15, -0.1) is 11.8 Å². The number of nitrogens with one attached hydrogen (secondary N) is 1. The van der Waals surface area contributed by atoms with Gasteiger partial charge in [-0.25, -0.2) is 0 Å². The first kappa shape index (κ1) is 16.5. The molecule has 0 bridgehead atoms. The Morgan fingerprint density at radius 3 is 2.52 bits per heavy atom. The number of thioether (sulfide) groups is 1. The quantitative estimate of drug-likeness (QED) is 0.710. The third-order valence-corrected chi connectivity index (χ3v) is 4.57. The zero-order valence-corrected chi connectivity index (χ0v) is 14.9. The average molecular weight is 365 g/mol. The first-order chi connectivity index (χ1) is 10.2. The summed E-state index contributed by atoms with van der Waals surface area (Å²) in [5, 5.41) is 3.63. The fraction of sp³-hybridized carbons (Fsp3) is 0.353. The lowest BCUT2D eigenvalue weighted by atomic mass is 10.0. The summed E-state index contributed by atoms with van der Waals surface area (Å²) in [7, 11) is 0. The molecule has 1 N–H and O–H groups in total. The van der Waals surface area contributed by atoms with E-state index in [-0.39, 0.29) is 0 Å². The van der Waals surface area contributed by atoms with Crippen LogP contribution in [-0.4, -0.2) is 17.8 Å². The van der Waals surface area contributed by atoms with Gasteiger partial charge in [-0.1, -0.05) is 19.1 Å². The van der Waals surface area contributed by atoms with Crippen LogP contribution in [-0.2, 0) is 6.42 Å². The Labute approximate surface area is 139 Å². The summed E-state index contributed by atoms with van der Waals surface area (Å²) in [6, 6.07) is 13.3. The van der Waals surface area contributed by atoms with Crippen molar-refractivity contribution in [3.8, 4) is 0 Å². The zero-order valence-electron chi connectivity index (χ0n) is 12.5. The van der Waals surface area contributed by atoms with E-state index in [0.29, 0.717) is 6.04 Å². The van der Waals surface area contributed by atoms with Gasteiger partial charge in [0, 0.05) is 33.7 Å². The third-order valence-electron chi connectivity index (χ3n) is 3.36. The Morgan fingerprint density at radius 1 is 1.19 bits per heavy atom. The van der Waals surface area contributed by atoms with Gasteiger partial charge in [0.15, 0.2) is 0 Å². The maximum Gasteiger partial charge on any atom is 0.0423 e. The van der Waals surface area contributed by atoms with Crippen LogP contribution in [0.1, 0.15) is 30.6 Å². The van der Waals surface area contributed by atoms with Crippen molar-refractivity contribution in [2.45, 2.75) is 30.7 Å². The fourth-order valence-corrected chi connectivity index (χ4v) is 2.84. The molecule has 0 radical (unpaired) electrons. The predicted octanol–water partition coefficient (Wildman–Crippen LogP) is 4.85. The summed E-state index contributed by atoms with van der Waals surface area (Å²) in [6.45, 7) is 3.21. The smallest absolute Gasteiger partial charge is 0.0423 e. The first-order valence-corrected chi connectivity index (χ1v) is 9.22. The Bertz CT molecular complexity index is 540. The Hall–Kier alpha value is -0.840. The third kappa shape index (κ3) is 5.13. The molecular weight excluding hydrogens is 344 g/mol. The summed E-state index contributed by atoms with van der Waals surface area (Å²) in [5.41, 5.74) is 2.44. The van der Waals surface area contributed by atoms with Crippen LogP contribution < -0.4 is 5.32 Å². The van der Waals surface area contributed by atoms with Gasteiger partial charge in [-0.05, 0) is 65.0 Å². The predicted molar refractivity (Wildman–Crippen MR) is 94.9 cm³/mol. The van der Waals surface area contributed by atoms with Gasteiger partial charge >= 0.3 is 0 Å². The van der Waals surface area contributed by atoms with Crippen LogP contribution in [0.4, 0.5) is 0 Å². The molecule has 1 heterocycles. The maximum absolute atomic E-state index is 4.49. The molecule has 112 valence electrons. The summed E-state index contributed by atoms with van der Waals surface area (Å²) < 4.78 is 1.02. The van der Waals surface area contributed by atoms with Gasteiger partial charge in [-0.2, -0.15) is 0 Å². The molecule has 0 saturated heterocycles. The molecule has 4 heteroatoms. The van der Waals surface area contributed by atoms with Crippen LogP contribution in [0.25, 0.3) is 0 Å². The topological polar surface area (TPSA) is 24.9 Å². The molecule has 0 aliphatic carbocycles. The van der Waals surface area contributed by atoms with E-state index in [0.717, 1.165) is 29.6 Å². The van der Waals surface area contributed by atoms with E-state index >= 15 is 0 Å². The second-order valence-corrected chi connectivity index (χ2v) is 6.75. The Morgan fingerprint density at radius 2 is 1.95 bits per heavy atom. The van der Waals surface area contributed by atoms with E-state index in [1.54, 1.807) is 11.8 Å². The van der Waals surface area contributed by atoms with Crippen LogP contribution >= 0.6 is 27.7 Å². The molecule has 1 aromatic carbocycles. The molecule has 1 aromatic heterocycles. The van der Waals surface area contributed by atoms with Crippen molar-refractivity contribution >= 4 is 27.7 Å². The lowest BCUT2D eigenvalue weighted by molar-refractivity contribution is 0.524. The highest BCUT2D eigenvalue weighted by molar-refractivity contribution is 9.10. The van der Waals surface area contributed by atoms with Crippen molar-refractivity contribution in [2.24, 2.45) is 0 Å². The van der Waals surface area contributed by atoms with Gasteiger partial charge in [0.2, 0.25) is 0 Å². The summed E-state index contributed by atoms with van der Waals surface area (Å²) >= 11 is 5.21. The van der Waals surface area contributed by atoms with Crippen LogP contribution in [0.2, 0.25) is 0 Å². The lowest BCUT2D eigenvalue weighted by Crippen LogP contribution is -2.24. The highest BCUT2D eigenvalue weighted by atomic mass is 79.9. The summed E-state index contributed by atoms with van der Waals surface area (Å²) in [6.07, 6.45) is 6.01. The van der Waals surface area contributed by atoms with Gasteiger partial charge in [-0.3, -0.25) is 4.98 Å². The molecule has 2 nitrogen and oxygen atoms in total. The first-order valence-electron chi connectivity index (χ1n) is 7.20. The van der Waals surface area contributed by atoms with Crippen molar-refractivity contribution in [2.75, 3.05) is 12.8 Å². The molecule has 1 unspecified atom stereocenters. The van der Waals surface area contributed by atoms with Gasteiger partial charge in [0.05, 0.1) is 0 Å². The second-order valence-electron chi connectivity index (χ2n) is 4.95. The number of benzene rings is 1. The van der Waals surface area contributed by atoms with Gasteiger partial charge in [0.25, 0.3) is 0 Å². The van der Waals surface area contributed by atoms with Crippen molar-refractivity contribution in [3.05, 3.63) is 58.3 Å². The number of pyridine rings is 1. The normalized spacial score (nSPS) is 12.3. The molecule has 2 rings (SSSR count). The van der Waals surface area contributed by atoms with Crippen LogP contribution in [0.15, 0.2) is 52.0 Å². The number of hydrogen-bond donors (Lipinski definition) is 1. The number of nitrogens with zero attached hydrogens (tertiary/aromatic N) is 1. The van der Waals surface area contributed by atoms with Crippen LogP contribution in [0.3, 0.4) is 0 Å². The monoisotopic (exact) mass is 364 g/mol. The number of rotatable bonds is 7. The standard InChI is InChI=1S/C17H21BrN2S/c1-3-10-19-17(11-15-7-6-14(18)12-20-15)13-4-8-16(21-2)9-5-13/h4-9,12,17,19H,3,10-11H2,1-2H3. The molecule has 0 aliphatic rings. The number of halogens is 1. The Balaban J connectivity index is 2.14.